The third-order valence-corrected chi connectivity index (χ3v) is 13.1. The molecule has 2 aromatic heterocycles. The molecule has 274 valence electrons. The number of benzene rings is 7. The quantitative estimate of drug-likeness (QED) is 0.177. The number of furan rings is 1. The van der Waals surface area contributed by atoms with Gasteiger partial charge >= 0.3 is 0 Å². The van der Waals surface area contributed by atoms with Crippen molar-refractivity contribution in [2.24, 2.45) is 5.92 Å². The smallest absolute Gasteiger partial charge is 0.164 e. The normalized spacial score (nSPS) is 16.2. The molecule has 0 spiro atoms. The summed E-state index contributed by atoms with van der Waals surface area (Å²) in [6, 6.07) is 54.0. The minimum absolute atomic E-state index is 0.130. The first-order valence-corrected chi connectivity index (χ1v) is 20.0. The lowest BCUT2D eigenvalue weighted by Crippen LogP contribution is -2.27. The summed E-state index contributed by atoms with van der Waals surface area (Å²) in [5.41, 5.74) is 16.9. The molecule has 57 heavy (non-hydrogen) atoms. The molecule has 0 saturated heterocycles. The molecule has 11 rings (SSSR count). The first-order valence-electron chi connectivity index (χ1n) is 20.0. The highest BCUT2D eigenvalue weighted by molar-refractivity contribution is 6.10. The molecule has 2 heterocycles. The van der Waals surface area contributed by atoms with E-state index in [1.165, 1.54) is 44.5 Å². The lowest BCUT2D eigenvalue weighted by atomic mass is 9.71. The third kappa shape index (κ3) is 4.83. The zero-order valence-electron chi connectivity index (χ0n) is 32.8. The average molecular weight is 736 g/mol. The molecule has 0 N–H and O–H groups in total. The summed E-state index contributed by atoms with van der Waals surface area (Å²) < 4.78 is 6.92. The summed E-state index contributed by atoms with van der Waals surface area (Å²) >= 11 is 0. The predicted octanol–water partition coefficient (Wildman–Crippen LogP) is 13.7. The Bertz CT molecular complexity index is 3100. The van der Waals surface area contributed by atoms with E-state index in [-0.39, 0.29) is 10.8 Å². The molecule has 0 amide bonds. The third-order valence-electron chi connectivity index (χ3n) is 13.1. The number of rotatable bonds is 5. The lowest BCUT2D eigenvalue weighted by Gasteiger charge is -2.31. The summed E-state index contributed by atoms with van der Waals surface area (Å²) in [7, 11) is 0. The Balaban J connectivity index is 1.05. The van der Waals surface area contributed by atoms with Crippen LogP contribution in [0.5, 0.6) is 0 Å². The van der Waals surface area contributed by atoms with Crippen molar-refractivity contribution in [3.8, 4) is 67.5 Å². The molecule has 4 nitrogen and oxygen atoms in total. The Morgan fingerprint density at radius 2 is 1.05 bits per heavy atom. The van der Waals surface area contributed by atoms with Gasteiger partial charge in [0.2, 0.25) is 0 Å². The van der Waals surface area contributed by atoms with Crippen molar-refractivity contribution in [2.45, 2.75) is 45.4 Å². The van der Waals surface area contributed by atoms with E-state index in [2.05, 4.69) is 168 Å². The van der Waals surface area contributed by atoms with Crippen molar-refractivity contribution in [1.29, 1.82) is 0 Å². The van der Waals surface area contributed by atoms with Gasteiger partial charge in [0.15, 0.2) is 17.5 Å². The summed E-state index contributed by atoms with van der Waals surface area (Å²) in [6.45, 7) is 11.6. The van der Waals surface area contributed by atoms with Gasteiger partial charge in [0.05, 0.1) is 0 Å². The number of hydrogen-bond acceptors (Lipinski definition) is 4. The molecule has 1 unspecified atom stereocenters. The van der Waals surface area contributed by atoms with Crippen molar-refractivity contribution in [3.05, 3.63) is 174 Å². The van der Waals surface area contributed by atoms with E-state index in [1.54, 1.807) is 0 Å². The van der Waals surface area contributed by atoms with Gasteiger partial charge in [-0.25, -0.2) is 15.0 Å². The van der Waals surface area contributed by atoms with Crippen molar-refractivity contribution >= 4 is 21.9 Å². The molecule has 0 aliphatic heterocycles. The van der Waals surface area contributed by atoms with Gasteiger partial charge in [0.1, 0.15) is 11.2 Å². The molecule has 7 aromatic carbocycles. The van der Waals surface area contributed by atoms with E-state index in [4.69, 9.17) is 19.4 Å². The molecule has 0 radical (unpaired) electrons. The average Bonchev–Trinajstić information content (AvgIpc) is 3.84. The molecule has 0 bridgehead atoms. The van der Waals surface area contributed by atoms with Crippen LogP contribution < -0.4 is 0 Å². The Hall–Kier alpha value is -6.65. The van der Waals surface area contributed by atoms with Gasteiger partial charge in [-0.2, -0.15) is 0 Å². The monoisotopic (exact) mass is 735 g/mol. The second-order valence-corrected chi connectivity index (χ2v) is 16.7. The Labute approximate surface area is 332 Å². The second-order valence-electron chi connectivity index (χ2n) is 16.7. The minimum Gasteiger partial charge on any atom is -0.456 e. The maximum atomic E-state index is 6.92. The Morgan fingerprint density at radius 1 is 0.456 bits per heavy atom. The number of aromatic nitrogens is 3. The van der Waals surface area contributed by atoms with E-state index in [9.17, 15) is 0 Å². The maximum Gasteiger partial charge on any atom is 0.164 e. The topological polar surface area (TPSA) is 51.8 Å². The maximum absolute atomic E-state index is 6.92. The van der Waals surface area contributed by atoms with Crippen LogP contribution in [0.3, 0.4) is 0 Å². The van der Waals surface area contributed by atoms with Gasteiger partial charge in [-0.05, 0) is 80.3 Å². The van der Waals surface area contributed by atoms with Gasteiger partial charge in [-0.3, -0.25) is 0 Å². The largest absolute Gasteiger partial charge is 0.456 e. The van der Waals surface area contributed by atoms with Crippen LogP contribution in [0, 0.1) is 5.92 Å². The van der Waals surface area contributed by atoms with Crippen molar-refractivity contribution in [1.82, 2.24) is 15.0 Å². The van der Waals surface area contributed by atoms with E-state index < -0.39 is 0 Å². The fraction of sp³-hybridized carbons (Fsp3) is 0.151. The van der Waals surface area contributed by atoms with Gasteiger partial charge in [-0.1, -0.05) is 162 Å². The highest BCUT2D eigenvalue weighted by Gasteiger charge is 2.44. The predicted molar refractivity (Wildman–Crippen MR) is 233 cm³/mol. The van der Waals surface area contributed by atoms with Gasteiger partial charge in [-0.15, -0.1) is 0 Å². The van der Waals surface area contributed by atoms with E-state index in [1.807, 2.05) is 18.2 Å². The standard InChI is InChI=1S/C53H41N3O/c1-31(2)53(5)43-23-12-9-19-36(43)38-27-28-39-37-26-25-34(30-45(37)57-48(39)47(38)53)33-17-13-18-35(29-33)50-54-49(32-15-7-6-8-16-32)55-51(56-50)41-21-14-24-44-46(41)40-20-10-11-22-42(40)52(44,3)4/h6-31H,1-5H3. The van der Waals surface area contributed by atoms with E-state index in [0.717, 1.165) is 49.8 Å². The van der Waals surface area contributed by atoms with Crippen molar-refractivity contribution < 1.29 is 4.42 Å². The number of nitrogens with zero attached hydrogens (tertiary/aromatic N) is 3. The zero-order chi connectivity index (χ0) is 38.6. The van der Waals surface area contributed by atoms with Crippen LogP contribution in [-0.4, -0.2) is 15.0 Å². The molecule has 2 aliphatic carbocycles. The van der Waals surface area contributed by atoms with E-state index >= 15 is 0 Å². The van der Waals surface area contributed by atoms with Crippen molar-refractivity contribution in [3.63, 3.8) is 0 Å². The van der Waals surface area contributed by atoms with Crippen LogP contribution >= 0.6 is 0 Å². The van der Waals surface area contributed by atoms with Crippen LogP contribution in [0.15, 0.2) is 156 Å². The highest BCUT2D eigenvalue weighted by Crippen LogP contribution is 2.56. The minimum atomic E-state index is -0.155. The van der Waals surface area contributed by atoms with Crippen LogP contribution in [0.4, 0.5) is 0 Å². The Morgan fingerprint density at radius 3 is 1.86 bits per heavy atom. The molecule has 9 aromatic rings. The summed E-state index contributed by atoms with van der Waals surface area (Å²) in [4.78, 5) is 15.5. The zero-order valence-corrected chi connectivity index (χ0v) is 32.8. The van der Waals surface area contributed by atoms with Gasteiger partial charge < -0.3 is 4.42 Å². The van der Waals surface area contributed by atoms with Crippen LogP contribution in [-0.2, 0) is 10.8 Å². The fourth-order valence-corrected chi connectivity index (χ4v) is 9.79. The fourth-order valence-electron chi connectivity index (χ4n) is 9.79. The van der Waals surface area contributed by atoms with E-state index in [0.29, 0.717) is 23.4 Å². The first-order chi connectivity index (χ1) is 27.7. The Kier molecular flexibility index (Phi) is 7.19. The molecular weight excluding hydrogens is 695 g/mol. The summed E-state index contributed by atoms with van der Waals surface area (Å²) in [5.74, 6) is 2.34. The molecule has 2 aliphatic rings. The van der Waals surface area contributed by atoms with Crippen LogP contribution in [0.2, 0.25) is 0 Å². The van der Waals surface area contributed by atoms with Crippen LogP contribution in [0.1, 0.15) is 56.9 Å². The second kappa shape index (κ2) is 12.2. The van der Waals surface area contributed by atoms with Crippen LogP contribution in [0.25, 0.3) is 89.5 Å². The van der Waals surface area contributed by atoms with Gasteiger partial charge in [0.25, 0.3) is 0 Å². The van der Waals surface area contributed by atoms with Crippen molar-refractivity contribution in [2.75, 3.05) is 0 Å². The highest BCUT2D eigenvalue weighted by atomic mass is 16.3. The summed E-state index contributed by atoms with van der Waals surface area (Å²) in [5, 5.41) is 2.29. The van der Waals surface area contributed by atoms with Gasteiger partial charge in [0, 0.05) is 43.9 Å². The number of hydrogen-bond donors (Lipinski definition) is 0. The lowest BCUT2D eigenvalue weighted by molar-refractivity contribution is 0.413. The molecule has 4 heteroatoms. The molecular formula is C53H41N3O. The number of fused-ring (bicyclic) bond motifs is 10. The molecule has 0 fully saturated rings. The summed E-state index contributed by atoms with van der Waals surface area (Å²) in [6.07, 6.45) is 0. The first kappa shape index (κ1) is 33.7. The molecule has 0 saturated carbocycles. The SMILES string of the molecule is CC(C)C1(C)c2ccccc2-c2ccc3c(oc4cc(-c5cccc(-c6nc(-c7ccccc7)nc(-c7cccc8c7-c7ccccc7C8(C)C)n6)c5)ccc43)c21. The molecule has 1 atom stereocenters.